The summed E-state index contributed by atoms with van der Waals surface area (Å²) >= 11 is 0. The average molecular weight is 377 g/mol. The Kier molecular flexibility index (Phi) is 3.39. The number of aromatic nitrogens is 1. The molecular formula is C24H16BNO3. The van der Waals surface area contributed by atoms with E-state index in [2.05, 4.69) is 28.8 Å². The first-order valence-electron chi connectivity index (χ1n) is 9.52. The molecule has 2 aromatic heterocycles. The van der Waals surface area contributed by atoms with Crippen molar-refractivity contribution in [3.8, 4) is 5.69 Å². The Bertz CT molecular complexity index is 1540. The van der Waals surface area contributed by atoms with Crippen molar-refractivity contribution in [3.63, 3.8) is 0 Å². The summed E-state index contributed by atoms with van der Waals surface area (Å²) in [7, 11) is -1.56. The maximum Gasteiger partial charge on any atom is 0.490 e. The highest BCUT2D eigenvalue weighted by atomic mass is 16.4. The monoisotopic (exact) mass is 377 g/mol. The van der Waals surface area contributed by atoms with Gasteiger partial charge in [0.25, 0.3) is 0 Å². The largest absolute Gasteiger partial charge is 0.490 e. The molecule has 0 amide bonds. The molecule has 0 spiro atoms. The zero-order chi connectivity index (χ0) is 19.5. The van der Waals surface area contributed by atoms with Crippen LogP contribution in [0.4, 0.5) is 0 Å². The Hall–Kier alpha value is -3.54. The third kappa shape index (κ3) is 2.29. The number of nitrogens with zero attached hydrogens (tertiary/aromatic N) is 1. The van der Waals surface area contributed by atoms with Gasteiger partial charge in [0.1, 0.15) is 11.2 Å². The first kappa shape index (κ1) is 16.4. The third-order valence-corrected chi connectivity index (χ3v) is 5.62. The van der Waals surface area contributed by atoms with Crippen LogP contribution in [0.25, 0.3) is 49.4 Å². The molecule has 0 saturated carbocycles. The van der Waals surface area contributed by atoms with Crippen LogP contribution in [0.5, 0.6) is 0 Å². The number of rotatable bonds is 2. The Morgan fingerprint density at radius 2 is 1.38 bits per heavy atom. The molecule has 29 heavy (non-hydrogen) atoms. The van der Waals surface area contributed by atoms with E-state index < -0.39 is 7.12 Å². The summed E-state index contributed by atoms with van der Waals surface area (Å²) in [6.45, 7) is 0. The number of benzene rings is 4. The van der Waals surface area contributed by atoms with Gasteiger partial charge in [-0.3, -0.25) is 0 Å². The zero-order valence-corrected chi connectivity index (χ0v) is 15.4. The van der Waals surface area contributed by atoms with Gasteiger partial charge in [0, 0.05) is 32.7 Å². The van der Waals surface area contributed by atoms with E-state index in [4.69, 9.17) is 4.42 Å². The predicted molar refractivity (Wildman–Crippen MR) is 118 cm³/mol. The van der Waals surface area contributed by atoms with Crippen molar-refractivity contribution in [2.45, 2.75) is 0 Å². The van der Waals surface area contributed by atoms with Crippen molar-refractivity contribution in [3.05, 3.63) is 84.9 Å². The molecule has 6 aromatic rings. The molecule has 0 fully saturated rings. The van der Waals surface area contributed by atoms with E-state index in [1.54, 1.807) is 6.07 Å². The van der Waals surface area contributed by atoms with Crippen molar-refractivity contribution in [2.24, 2.45) is 0 Å². The van der Waals surface area contributed by atoms with E-state index in [0.29, 0.717) is 5.46 Å². The van der Waals surface area contributed by atoms with E-state index >= 15 is 0 Å². The second-order valence-electron chi connectivity index (χ2n) is 7.25. The normalized spacial score (nSPS) is 11.8. The molecule has 0 bridgehead atoms. The number of hydrogen-bond donors (Lipinski definition) is 2. The van der Waals surface area contributed by atoms with Crippen molar-refractivity contribution in [1.29, 1.82) is 0 Å². The van der Waals surface area contributed by atoms with E-state index in [-0.39, 0.29) is 0 Å². The molecule has 2 heterocycles. The number of para-hydroxylation sites is 3. The lowest BCUT2D eigenvalue weighted by atomic mass is 9.79. The predicted octanol–water partition coefficient (Wildman–Crippen LogP) is 4.36. The van der Waals surface area contributed by atoms with Crippen LogP contribution in [-0.4, -0.2) is 21.7 Å². The van der Waals surface area contributed by atoms with Gasteiger partial charge in [-0.2, -0.15) is 0 Å². The Labute approximate surface area is 166 Å². The van der Waals surface area contributed by atoms with Crippen molar-refractivity contribution in [2.75, 3.05) is 0 Å². The van der Waals surface area contributed by atoms with Gasteiger partial charge in [0.15, 0.2) is 0 Å². The molecule has 5 heteroatoms. The molecular weight excluding hydrogens is 361 g/mol. The molecule has 6 rings (SSSR count). The van der Waals surface area contributed by atoms with Crippen molar-refractivity contribution < 1.29 is 14.5 Å². The minimum Gasteiger partial charge on any atom is -0.456 e. The van der Waals surface area contributed by atoms with Crippen LogP contribution in [0.3, 0.4) is 0 Å². The molecule has 2 N–H and O–H groups in total. The molecule has 0 aliphatic carbocycles. The summed E-state index contributed by atoms with van der Waals surface area (Å²) in [6, 6.07) is 27.8. The lowest BCUT2D eigenvalue weighted by molar-refractivity contribution is 0.426. The Morgan fingerprint density at radius 1 is 0.655 bits per heavy atom. The third-order valence-electron chi connectivity index (χ3n) is 5.62. The molecule has 0 saturated heterocycles. The zero-order valence-electron chi connectivity index (χ0n) is 15.4. The number of hydrogen-bond acceptors (Lipinski definition) is 3. The maximum atomic E-state index is 10.0. The summed E-state index contributed by atoms with van der Waals surface area (Å²) in [4.78, 5) is 0. The van der Waals surface area contributed by atoms with Crippen molar-refractivity contribution >= 4 is 56.3 Å². The molecule has 138 valence electrons. The van der Waals surface area contributed by atoms with Crippen LogP contribution in [0, 0.1) is 0 Å². The molecule has 0 unspecified atom stereocenters. The highest BCUT2D eigenvalue weighted by Crippen LogP contribution is 2.34. The van der Waals surface area contributed by atoms with Gasteiger partial charge < -0.3 is 19.0 Å². The Morgan fingerprint density at radius 3 is 2.24 bits per heavy atom. The van der Waals surface area contributed by atoms with Crippen LogP contribution < -0.4 is 5.46 Å². The fourth-order valence-electron chi connectivity index (χ4n) is 4.37. The summed E-state index contributed by atoms with van der Waals surface area (Å²) < 4.78 is 8.07. The quantitative estimate of drug-likeness (QED) is 0.441. The summed E-state index contributed by atoms with van der Waals surface area (Å²) in [5.41, 5.74) is 4.93. The van der Waals surface area contributed by atoms with Gasteiger partial charge in [-0.15, -0.1) is 0 Å². The first-order valence-corrected chi connectivity index (χ1v) is 9.52. The summed E-state index contributed by atoms with van der Waals surface area (Å²) in [5.74, 6) is 0. The minimum atomic E-state index is -1.56. The Balaban J connectivity index is 1.77. The molecule has 0 aliphatic heterocycles. The highest BCUT2D eigenvalue weighted by molar-refractivity contribution is 6.62. The first-order chi connectivity index (χ1) is 14.2. The fraction of sp³-hybridized carbons (Fsp3) is 0. The summed E-state index contributed by atoms with van der Waals surface area (Å²) in [6.07, 6.45) is 0. The smallest absolute Gasteiger partial charge is 0.456 e. The number of fused-ring (bicyclic) bond motifs is 6. The molecule has 0 aliphatic rings. The molecule has 0 radical (unpaired) electrons. The topological polar surface area (TPSA) is 58.5 Å². The van der Waals surface area contributed by atoms with E-state index in [1.807, 2.05) is 54.6 Å². The molecule has 4 nitrogen and oxygen atoms in total. The van der Waals surface area contributed by atoms with Gasteiger partial charge >= 0.3 is 7.12 Å². The lowest BCUT2D eigenvalue weighted by Gasteiger charge is -2.11. The minimum absolute atomic E-state index is 0.482. The van der Waals surface area contributed by atoms with Crippen LogP contribution in [0.2, 0.25) is 0 Å². The lowest BCUT2D eigenvalue weighted by Crippen LogP contribution is -2.31. The SMILES string of the molecule is OB(O)c1cccc2c3ccccc3n(-c3ccc4oc5ccccc5c4c3)c12. The van der Waals surface area contributed by atoms with Gasteiger partial charge in [-0.25, -0.2) is 0 Å². The highest BCUT2D eigenvalue weighted by Gasteiger charge is 2.21. The second kappa shape index (κ2) is 5.98. The summed E-state index contributed by atoms with van der Waals surface area (Å²) in [5, 5.41) is 24.2. The van der Waals surface area contributed by atoms with E-state index in [9.17, 15) is 10.0 Å². The average Bonchev–Trinajstić information content (AvgIpc) is 3.28. The molecule has 4 aromatic carbocycles. The number of furan rings is 1. The van der Waals surface area contributed by atoms with Crippen LogP contribution in [-0.2, 0) is 0 Å². The van der Waals surface area contributed by atoms with E-state index in [1.165, 1.54) is 0 Å². The van der Waals surface area contributed by atoms with Crippen LogP contribution in [0.15, 0.2) is 89.3 Å². The fourth-order valence-corrected chi connectivity index (χ4v) is 4.37. The van der Waals surface area contributed by atoms with Crippen LogP contribution >= 0.6 is 0 Å². The van der Waals surface area contributed by atoms with Gasteiger partial charge in [-0.05, 0) is 30.3 Å². The maximum absolute atomic E-state index is 10.0. The second-order valence-corrected chi connectivity index (χ2v) is 7.25. The van der Waals surface area contributed by atoms with Crippen LogP contribution in [0.1, 0.15) is 0 Å². The molecule has 0 atom stereocenters. The van der Waals surface area contributed by atoms with E-state index in [0.717, 1.165) is 49.4 Å². The standard InChI is InChI=1S/C24H16BNO3/c27-25(28)20-9-5-8-18-16-6-1-3-10-21(16)26(24(18)20)15-12-13-23-19(14-15)17-7-2-4-11-22(17)29-23/h1-14,27-28H. The van der Waals surface area contributed by atoms with Gasteiger partial charge in [0.2, 0.25) is 0 Å². The van der Waals surface area contributed by atoms with Gasteiger partial charge in [-0.1, -0.05) is 54.6 Å². The van der Waals surface area contributed by atoms with Gasteiger partial charge in [0.05, 0.1) is 11.0 Å². The van der Waals surface area contributed by atoms with Crippen molar-refractivity contribution in [1.82, 2.24) is 4.57 Å².